The molecule has 3 aromatic carbocycles. The molecule has 3 rings (SSSR count). The van der Waals surface area contributed by atoms with E-state index in [0.29, 0.717) is 22.7 Å². The van der Waals surface area contributed by atoms with Crippen molar-refractivity contribution in [1.82, 2.24) is 5.32 Å². The first-order valence-electron chi connectivity index (χ1n) is 10.8. The average molecular weight is 478 g/mol. The molecule has 0 heterocycles. The molecule has 0 saturated heterocycles. The minimum Gasteiger partial charge on any atom is -0.497 e. The maximum absolute atomic E-state index is 13.3. The zero-order valence-corrected chi connectivity index (χ0v) is 20.2. The number of nitrogens with zero attached hydrogens (tertiary/aromatic N) is 2. The average Bonchev–Trinajstić information content (AvgIpc) is 2.87. The second-order valence-corrected chi connectivity index (χ2v) is 8.03. The van der Waals surface area contributed by atoms with Gasteiger partial charge in [0, 0.05) is 36.9 Å². The Kier molecular flexibility index (Phi) is 7.70. The summed E-state index contributed by atoms with van der Waals surface area (Å²) in [6.45, 7) is 1.79. The molecule has 1 N–H and O–H groups in total. The molecule has 0 saturated carbocycles. The fourth-order valence-electron chi connectivity index (χ4n) is 3.75. The topological polar surface area (TPSA) is 111 Å². The molecule has 0 aliphatic rings. The van der Waals surface area contributed by atoms with Crippen molar-refractivity contribution in [3.8, 4) is 11.5 Å². The van der Waals surface area contributed by atoms with Gasteiger partial charge in [-0.3, -0.25) is 19.7 Å². The summed E-state index contributed by atoms with van der Waals surface area (Å²) < 4.78 is 10.7. The molecule has 9 heteroatoms. The first kappa shape index (κ1) is 25.2. The highest BCUT2D eigenvalue weighted by Gasteiger charge is 2.24. The molecule has 1 amide bonds. The molecule has 0 radical (unpaired) electrons. The van der Waals surface area contributed by atoms with Crippen molar-refractivity contribution in [2.24, 2.45) is 0 Å². The molecule has 0 spiro atoms. The van der Waals surface area contributed by atoms with Crippen molar-refractivity contribution in [2.75, 3.05) is 33.2 Å². The van der Waals surface area contributed by atoms with Gasteiger partial charge in [0.15, 0.2) is 5.78 Å². The van der Waals surface area contributed by atoms with E-state index in [1.807, 2.05) is 0 Å². The van der Waals surface area contributed by atoms with E-state index < -0.39 is 22.7 Å². The summed E-state index contributed by atoms with van der Waals surface area (Å²) in [7, 11) is 6.45. The SMILES string of the molecule is COc1ccc(OC)c(C(C)NC(=O)c2ccccc2C(=O)c2ccc(N(C)C)c([N+](=O)[O-])c2)c1. The Morgan fingerprint density at radius 1 is 0.971 bits per heavy atom. The lowest BCUT2D eigenvalue weighted by Gasteiger charge is -2.19. The van der Waals surface area contributed by atoms with E-state index in [0.717, 1.165) is 0 Å². The lowest BCUT2D eigenvalue weighted by atomic mass is 9.96. The Morgan fingerprint density at radius 3 is 2.26 bits per heavy atom. The van der Waals surface area contributed by atoms with Crippen LogP contribution in [0, 0.1) is 10.1 Å². The van der Waals surface area contributed by atoms with E-state index in [-0.39, 0.29) is 22.4 Å². The van der Waals surface area contributed by atoms with Gasteiger partial charge in [0.2, 0.25) is 0 Å². The minimum atomic E-state index is -0.534. The van der Waals surface area contributed by atoms with Crippen LogP contribution in [-0.2, 0) is 0 Å². The van der Waals surface area contributed by atoms with Gasteiger partial charge in [-0.2, -0.15) is 0 Å². The van der Waals surface area contributed by atoms with Gasteiger partial charge in [0.05, 0.1) is 30.7 Å². The van der Waals surface area contributed by atoms with Crippen LogP contribution >= 0.6 is 0 Å². The minimum absolute atomic E-state index is 0.116. The van der Waals surface area contributed by atoms with Crippen LogP contribution in [0.15, 0.2) is 60.7 Å². The smallest absolute Gasteiger partial charge is 0.293 e. The predicted molar refractivity (Wildman–Crippen MR) is 133 cm³/mol. The molecular formula is C26H27N3O6. The maximum atomic E-state index is 13.3. The fraction of sp³-hybridized carbons (Fsp3) is 0.231. The van der Waals surface area contributed by atoms with Crippen LogP contribution in [0.1, 0.15) is 44.8 Å². The number of carbonyl (C=O) groups excluding carboxylic acids is 2. The molecule has 0 aliphatic heterocycles. The standard InChI is InChI=1S/C26H27N3O6/c1-16(21-15-18(34-4)11-13-24(21)35-5)27-26(31)20-9-7-6-8-19(20)25(30)17-10-12-22(28(2)3)23(14-17)29(32)33/h6-16H,1-5H3,(H,27,31). The number of nitrogens with one attached hydrogen (secondary N) is 1. The highest BCUT2D eigenvalue weighted by atomic mass is 16.6. The van der Waals surface area contributed by atoms with E-state index in [1.54, 1.807) is 69.4 Å². The quantitative estimate of drug-likeness (QED) is 0.276. The second-order valence-electron chi connectivity index (χ2n) is 8.03. The molecule has 0 bridgehead atoms. The van der Waals surface area contributed by atoms with E-state index in [4.69, 9.17) is 9.47 Å². The molecule has 0 fully saturated rings. The highest BCUT2D eigenvalue weighted by molar-refractivity contribution is 6.15. The lowest BCUT2D eigenvalue weighted by Crippen LogP contribution is -2.28. The van der Waals surface area contributed by atoms with Crippen molar-refractivity contribution in [1.29, 1.82) is 0 Å². The molecule has 182 valence electrons. The van der Waals surface area contributed by atoms with Gasteiger partial charge in [0.1, 0.15) is 17.2 Å². The van der Waals surface area contributed by atoms with Gasteiger partial charge in [-0.25, -0.2) is 0 Å². The van der Waals surface area contributed by atoms with Crippen LogP contribution < -0.4 is 19.7 Å². The van der Waals surface area contributed by atoms with Gasteiger partial charge in [-0.15, -0.1) is 0 Å². The summed E-state index contributed by atoms with van der Waals surface area (Å²) in [4.78, 5) is 39.1. The third-order valence-corrected chi connectivity index (χ3v) is 5.58. The van der Waals surface area contributed by atoms with Crippen LogP contribution in [-0.4, -0.2) is 44.9 Å². The van der Waals surface area contributed by atoms with E-state index >= 15 is 0 Å². The first-order chi connectivity index (χ1) is 16.7. The Bertz CT molecular complexity index is 1270. The van der Waals surface area contributed by atoms with Crippen molar-refractivity contribution in [2.45, 2.75) is 13.0 Å². The zero-order chi connectivity index (χ0) is 25.7. The summed E-state index contributed by atoms with van der Waals surface area (Å²) in [5.74, 6) is 0.234. The number of amides is 1. The number of rotatable bonds is 9. The Morgan fingerprint density at radius 2 is 1.66 bits per heavy atom. The largest absolute Gasteiger partial charge is 0.497 e. The third kappa shape index (κ3) is 5.40. The normalized spacial score (nSPS) is 11.3. The first-order valence-corrected chi connectivity index (χ1v) is 10.8. The van der Waals surface area contributed by atoms with Crippen molar-refractivity contribution in [3.05, 3.63) is 93.0 Å². The van der Waals surface area contributed by atoms with Gasteiger partial charge in [-0.05, 0) is 43.3 Å². The molecule has 35 heavy (non-hydrogen) atoms. The number of ketones is 1. The third-order valence-electron chi connectivity index (χ3n) is 5.58. The number of carbonyl (C=O) groups is 2. The maximum Gasteiger partial charge on any atom is 0.293 e. The summed E-state index contributed by atoms with van der Waals surface area (Å²) >= 11 is 0. The van der Waals surface area contributed by atoms with Crippen LogP contribution in [0.25, 0.3) is 0 Å². The van der Waals surface area contributed by atoms with Gasteiger partial charge < -0.3 is 19.7 Å². The van der Waals surface area contributed by atoms with Crippen molar-refractivity contribution < 1.29 is 24.0 Å². The summed E-state index contributed by atoms with van der Waals surface area (Å²) in [6.07, 6.45) is 0. The number of nitro groups is 1. The highest BCUT2D eigenvalue weighted by Crippen LogP contribution is 2.31. The van der Waals surface area contributed by atoms with Crippen molar-refractivity contribution in [3.63, 3.8) is 0 Å². The second kappa shape index (κ2) is 10.7. The lowest BCUT2D eigenvalue weighted by molar-refractivity contribution is -0.384. The number of ether oxygens (including phenoxy) is 2. The summed E-state index contributed by atoms with van der Waals surface area (Å²) in [5.41, 5.74) is 1.30. The van der Waals surface area contributed by atoms with Crippen LogP contribution in [0.5, 0.6) is 11.5 Å². The number of benzene rings is 3. The molecule has 9 nitrogen and oxygen atoms in total. The number of hydrogen-bond acceptors (Lipinski definition) is 7. The molecule has 1 unspecified atom stereocenters. The van der Waals surface area contributed by atoms with E-state index in [1.165, 1.54) is 31.4 Å². The van der Waals surface area contributed by atoms with Gasteiger partial charge in [-0.1, -0.05) is 18.2 Å². The Labute approximate surface area is 203 Å². The molecule has 3 aromatic rings. The summed E-state index contributed by atoms with van der Waals surface area (Å²) in [5, 5.41) is 14.4. The van der Waals surface area contributed by atoms with Crippen LogP contribution in [0.3, 0.4) is 0 Å². The Hall–Kier alpha value is -4.40. The number of hydrogen-bond donors (Lipinski definition) is 1. The Balaban J connectivity index is 1.94. The summed E-state index contributed by atoms with van der Waals surface area (Å²) in [6, 6.07) is 15.4. The monoisotopic (exact) mass is 477 g/mol. The van der Waals surface area contributed by atoms with Crippen molar-refractivity contribution >= 4 is 23.1 Å². The number of nitro benzene ring substituents is 1. The van der Waals surface area contributed by atoms with Crippen LogP contribution in [0.2, 0.25) is 0 Å². The molecular weight excluding hydrogens is 450 g/mol. The van der Waals surface area contributed by atoms with E-state index in [2.05, 4.69) is 5.32 Å². The molecule has 0 aliphatic carbocycles. The van der Waals surface area contributed by atoms with Gasteiger partial charge in [0.25, 0.3) is 11.6 Å². The fourth-order valence-corrected chi connectivity index (χ4v) is 3.75. The van der Waals surface area contributed by atoms with Crippen LogP contribution in [0.4, 0.5) is 11.4 Å². The number of anilines is 1. The predicted octanol–water partition coefficient (Wildman–Crippen LogP) is 4.40. The molecule has 0 aromatic heterocycles. The number of methoxy groups -OCH3 is 2. The molecule has 1 atom stereocenters. The van der Waals surface area contributed by atoms with Gasteiger partial charge >= 0.3 is 0 Å². The zero-order valence-electron chi connectivity index (χ0n) is 20.2. The van der Waals surface area contributed by atoms with E-state index in [9.17, 15) is 19.7 Å².